The molecular formula is C11H14N2O3. The van der Waals surface area contributed by atoms with Gasteiger partial charge in [0.05, 0.1) is 0 Å². The van der Waals surface area contributed by atoms with Crippen molar-refractivity contribution >= 4 is 11.9 Å². The average Bonchev–Trinajstić information content (AvgIpc) is 2.27. The van der Waals surface area contributed by atoms with Crippen LogP contribution in [0.3, 0.4) is 0 Å². The van der Waals surface area contributed by atoms with Gasteiger partial charge in [0.25, 0.3) is 0 Å². The molecule has 1 aromatic rings. The second-order valence-electron chi connectivity index (χ2n) is 3.35. The van der Waals surface area contributed by atoms with Crippen LogP contribution < -0.4 is 16.2 Å². The number of hydrogen-bond acceptors (Lipinski definition) is 4. The number of hydrogen-bond donors (Lipinski definition) is 2. The number of amides is 1. The SMILES string of the molecule is NC(=O)CC[C@H](N)C(=O)Oc1ccccc1. The third kappa shape index (κ3) is 4.10. The molecule has 1 amide bonds. The van der Waals surface area contributed by atoms with Gasteiger partial charge < -0.3 is 16.2 Å². The maximum absolute atomic E-state index is 11.4. The van der Waals surface area contributed by atoms with Crippen LogP contribution in [-0.4, -0.2) is 17.9 Å². The number of benzene rings is 1. The smallest absolute Gasteiger partial charge is 0.328 e. The van der Waals surface area contributed by atoms with Gasteiger partial charge in [-0.15, -0.1) is 0 Å². The van der Waals surface area contributed by atoms with Crippen molar-refractivity contribution in [2.24, 2.45) is 11.5 Å². The number of ether oxygens (including phenoxy) is 1. The molecule has 0 aliphatic heterocycles. The van der Waals surface area contributed by atoms with Crippen LogP contribution in [0, 0.1) is 0 Å². The molecule has 0 saturated carbocycles. The first-order valence-electron chi connectivity index (χ1n) is 4.90. The van der Waals surface area contributed by atoms with E-state index in [4.69, 9.17) is 16.2 Å². The van der Waals surface area contributed by atoms with Crippen LogP contribution in [0.25, 0.3) is 0 Å². The van der Waals surface area contributed by atoms with E-state index in [2.05, 4.69) is 0 Å². The number of rotatable bonds is 5. The normalized spacial score (nSPS) is 11.8. The van der Waals surface area contributed by atoms with Crippen LogP contribution in [0.1, 0.15) is 12.8 Å². The molecule has 1 rings (SSSR count). The molecule has 5 heteroatoms. The summed E-state index contributed by atoms with van der Waals surface area (Å²) in [6.07, 6.45) is 0.270. The van der Waals surface area contributed by atoms with Crippen LogP contribution >= 0.6 is 0 Å². The summed E-state index contributed by atoms with van der Waals surface area (Å²) in [5.74, 6) is -0.613. The first-order valence-corrected chi connectivity index (χ1v) is 4.90. The van der Waals surface area contributed by atoms with Gasteiger partial charge in [-0.1, -0.05) is 18.2 Å². The summed E-state index contributed by atoms with van der Waals surface area (Å²) in [6, 6.07) is 7.78. The summed E-state index contributed by atoms with van der Waals surface area (Å²) in [5.41, 5.74) is 10.5. The molecule has 1 atom stereocenters. The summed E-state index contributed by atoms with van der Waals surface area (Å²) in [6.45, 7) is 0. The van der Waals surface area contributed by atoms with Gasteiger partial charge in [-0.25, -0.2) is 4.79 Å². The van der Waals surface area contributed by atoms with E-state index in [1.165, 1.54) is 0 Å². The summed E-state index contributed by atoms with van der Waals surface area (Å²) < 4.78 is 4.99. The predicted molar refractivity (Wildman–Crippen MR) is 58.5 cm³/mol. The molecule has 0 aliphatic carbocycles. The summed E-state index contributed by atoms with van der Waals surface area (Å²) in [7, 11) is 0. The van der Waals surface area contributed by atoms with E-state index in [0.717, 1.165) is 0 Å². The number of para-hydroxylation sites is 1. The lowest BCUT2D eigenvalue weighted by molar-refractivity contribution is -0.136. The van der Waals surface area contributed by atoms with Gasteiger partial charge in [0, 0.05) is 6.42 Å². The minimum absolute atomic E-state index is 0.0745. The molecule has 0 radical (unpaired) electrons. The molecule has 1 aromatic carbocycles. The minimum Gasteiger partial charge on any atom is -0.425 e. The second-order valence-corrected chi connectivity index (χ2v) is 3.35. The lowest BCUT2D eigenvalue weighted by Crippen LogP contribution is -2.35. The molecule has 0 saturated heterocycles. The molecule has 0 spiro atoms. The molecule has 4 N–H and O–H groups in total. The van der Waals surface area contributed by atoms with Crippen LogP contribution in [0.4, 0.5) is 0 Å². The third-order valence-electron chi connectivity index (χ3n) is 1.97. The first kappa shape index (κ1) is 12.2. The van der Waals surface area contributed by atoms with Crippen LogP contribution in [0.5, 0.6) is 5.75 Å². The zero-order valence-electron chi connectivity index (χ0n) is 8.76. The average molecular weight is 222 g/mol. The van der Waals surface area contributed by atoms with E-state index in [1.54, 1.807) is 24.3 Å². The highest BCUT2D eigenvalue weighted by atomic mass is 16.5. The van der Waals surface area contributed by atoms with Crippen molar-refractivity contribution in [3.8, 4) is 5.75 Å². The molecule has 0 bridgehead atoms. The van der Waals surface area contributed by atoms with Gasteiger partial charge in [-0.3, -0.25) is 4.79 Å². The Morgan fingerprint density at radius 3 is 2.44 bits per heavy atom. The number of nitrogens with two attached hydrogens (primary N) is 2. The predicted octanol–water partition coefficient (Wildman–Crippen LogP) is 0.185. The lowest BCUT2D eigenvalue weighted by atomic mass is 10.1. The van der Waals surface area contributed by atoms with Crippen molar-refractivity contribution in [3.05, 3.63) is 30.3 Å². The fourth-order valence-corrected chi connectivity index (χ4v) is 1.10. The van der Waals surface area contributed by atoms with Gasteiger partial charge in [0.1, 0.15) is 11.8 Å². The first-order chi connectivity index (χ1) is 7.59. The number of carbonyl (C=O) groups excluding carboxylic acids is 2. The van der Waals surface area contributed by atoms with E-state index in [1.807, 2.05) is 6.07 Å². The van der Waals surface area contributed by atoms with Crippen molar-refractivity contribution in [3.63, 3.8) is 0 Å². The number of primary amides is 1. The maximum atomic E-state index is 11.4. The molecule has 16 heavy (non-hydrogen) atoms. The zero-order valence-corrected chi connectivity index (χ0v) is 8.76. The van der Waals surface area contributed by atoms with E-state index in [9.17, 15) is 9.59 Å². The Bertz CT molecular complexity index is 365. The third-order valence-corrected chi connectivity index (χ3v) is 1.97. The van der Waals surface area contributed by atoms with Crippen LogP contribution in [0.15, 0.2) is 30.3 Å². The van der Waals surface area contributed by atoms with Crippen molar-refractivity contribution in [2.75, 3.05) is 0 Å². The Labute approximate surface area is 93.4 Å². The Balaban J connectivity index is 2.43. The number of esters is 1. The van der Waals surface area contributed by atoms with Crippen molar-refractivity contribution in [2.45, 2.75) is 18.9 Å². The van der Waals surface area contributed by atoms with E-state index in [-0.39, 0.29) is 12.8 Å². The largest absolute Gasteiger partial charge is 0.425 e. The van der Waals surface area contributed by atoms with Crippen LogP contribution in [0.2, 0.25) is 0 Å². The monoisotopic (exact) mass is 222 g/mol. The molecule has 0 aliphatic rings. The van der Waals surface area contributed by atoms with Crippen molar-refractivity contribution < 1.29 is 14.3 Å². The molecule has 0 aromatic heterocycles. The van der Waals surface area contributed by atoms with Crippen LogP contribution in [-0.2, 0) is 9.59 Å². The Hall–Kier alpha value is -1.88. The molecule has 5 nitrogen and oxygen atoms in total. The molecule has 0 fully saturated rings. The molecule has 86 valence electrons. The van der Waals surface area contributed by atoms with Crippen molar-refractivity contribution in [1.82, 2.24) is 0 Å². The summed E-state index contributed by atoms with van der Waals surface area (Å²) in [4.78, 5) is 21.9. The van der Waals surface area contributed by atoms with Crippen molar-refractivity contribution in [1.29, 1.82) is 0 Å². The highest BCUT2D eigenvalue weighted by Gasteiger charge is 2.16. The van der Waals surface area contributed by atoms with Gasteiger partial charge in [0.15, 0.2) is 0 Å². The Morgan fingerprint density at radius 1 is 1.25 bits per heavy atom. The number of carbonyl (C=O) groups is 2. The second kappa shape index (κ2) is 5.87. The fourth-order valence-electron chi connectivity index (χ4n) is 1.10. The summed E-state index contributed by atoms with van der Waals surface area (Å²) >= 11 is 0. The molecular weight excluding hydrogens is 208 g/mol. The highest BCUT2D eigenvalue weighted by molar-refractivity contribution is 5.79. The van der Waals surface area contributed by atoms with E-state index in [0.29, 0.717) is 5.75 Å². The zero-order chi connectivity index (χ0) is 12.0. The highest BCUT2D eigenvalue weighted by Crippen LogP contribution is 2.09. The quantitative estimate of drug-likeness (QED) is 0.549. The molecule has 0 unspecified atom stereocenters. The van der Waals surface area contributed by atoms with Gasteiger partial charge >= 0.3 is 5.97 Å². The summed E-state index contributed by atoms with van der Waals surface area (Å²) in [5, 5.41) is 0. The topological polar surface area (TPSA) is 95.4 Å². The van der Waals surface area contributed by atoms with E-state index < -0.39 is 17.9 Å². The lowest BCUT2D eigenvalue weighted by Gasteiger charge is -2.09. The standard InChI is InChI=1S/C11H14N2O3/c12-9(6-7-10(13)14)11(15)16-8-4-2-1-3-5-8/h1-5,9H,6-7,12H2,(H2,13,14)/t9-/m0/s1. The minimum atomic E-state index is -0.826. The Kier molecular flexibility index (Phi) is 4.47. The molecule has 0 heterocycles. The van der Waals surface area contributed by atoms with Gasteiger partial charge in [-0.2, -0.15) is 0 Å². The van der Waals surface area contributed by atoms with Gasteiger partial charge in [-0.05, 0) is 18.6 Å². The van der Waals surface area contributed by atoms with E-state index >= 15 is 0 Å². The van der Waals surface area contributed by atoms with Gasteiger partial charge in [0.2, 0.25) is 5.91 Å². The Morgan fingerprint density at radius 2 is 1.88 bits per heavy atom. The maximum Gasteiger partial charge on any atom is 0.328 e. The fraction of sp³-hybridized carbons (Fsp3) is 0.273.